The number of amides is 2. The van der Waals surface area contributed by atoms with Crippen LogP contribution in [-0.4, -0.2) is 24.4 Å². The Bertz CT molecular complexity index is 512. The molecule has 0 saturated heterocycles. The van der Waals surface area contributed by atoms with Gasteiger partial charge in [-0.05, 0) is 52.3 Å². The first kappa shape index (κ1) is 16.8. The van der Waals surface area contributed by atoms with E-state index in [0.29, 0.717) is 11.4 Å². The van der Waals surface area contributed by atoms with E-state index in [-0.39, 0.29) is 12.2 Å². The normalized spacial score (nSPS) is 10.4. The van der Waals surface area contributed by atoms with Crippen LogP contribution in [0.5, 0.6) is 0 Å². The average molecular weight is 294 g/mol. The number of carbonyl (C=O) groups is 2. The fourth-order valence-corrected chi connectivity index (χ4v) is 1.55. The summed E-state index contributed by atoms with van der Waals surface area (Å²) in [5.74, 6) is 0. The summed E-state index contributed by atoms with van der Waals surface area (Å²) in [6.45, 7) is 8.92. The maximum Gasteiger partial charge on any atom is 0.411 e. The van der Waals surface area contributed by atoms with Crippen LogP contribution in [0.1, 0.15) is 33.3 Å². The highest BCUT2D eigenvalue weighted by Crippen LogP contribution is 2.21. The highest BCUT2D eigenvalue weighted by Gasteiger charge is 2.10. The SMILES string of the molecule is Cc1ccc(NC(=O)OC(C)C)cc1NC(=O)OC(C)C. The molecule has 0 aromatic heterocycles. The van der Waals surface area contributed by atoms with Crippen LogP contribution < -0.4 is 10.6 Å². The van der Waals surface area contributed by atoms with Gasteiger partial charge in [-0.15, -0.1) is 0 Å². The number of rotatable bonds is 4. The first-order chi connectivity index (χ1) is 9.77. The molecule has 0 spiro atoms. The van der Waals surface area contributed by atoms with Crippen LogP contribution in [-0.2, 0) is 9.47 Å². The van der Waals surface area contributed by atoms with Crippen LogP contribution in [0.3, 0.4) is 0 Å². The van der Waals surface area contributed by atoms with Gasteiger partial charge in [-0.1, -0.05) is 6.07 Å². The molecule has 1 aromatic rings. The Balaban J connectivity index is 2.75. The number of nitrogens with one attached hydrogen (secondary N) is 2. The van der Waals surface area contributed by atoms with Crippen molar-refractivity contribution in [2.75, 3.05) is 10.6 Å². The van der Waals surface area contributed by atoms with Gasteiger partial charge in [0.1, 0.15) is 0 Å². The van der Waals surface area contributed by atoms with E-state index in [1.165, 1.54) is 0 Å². The number of benzene rings is 1. The van der Waals surface area contributed by atoms with Crippen molar-refractivity contribution in [1.82, 2.24) is 0 Å². The van der Waals surface area contributed by atoms with Gasteiger partial charge in [-0.2, -0.15) is 0 Å². The standard InChI is InChI=1S/C15H22N2O4/c1-9(2)20-14(18)16-12-7-6-11(5)13(8-12)17-15(19)21-10(3)4/h6-10H,1-5H3,(H,16,18)(H,17,19). The summed E-state index contributed by atoms with van der Waals surface area (Å²) < 4.78 is 10.0. The van der Waals surface area contributed by atoms with Crippen LogP contribution in [0, 0.1) is 6.92 Å². The van der Waals surface area contributed by atoms with E-state index in [1.54, 1.807) is 45.9 Å². The molecule has 116 valence electrons. The molecule has 0 aliphatic heterocycles. The molecule has 0 bridgehead atoms. The zero-order valence-corrected chi connectivity index (χ0v) is 13.0. The monoisotopic (exact) mass is 294 g/mol. The van der Waals surface area contributed by atoms with E-state index in [9.17, 15) is 9.59 Å². The van der Waals surface area contributed by atoms with E-state index in [0.717, 1.165) is 5.56 Å². The third-order valence-electron chi connectivity index (χ3n) is 2.41. The highest BCUT2D eigenvalue weighted by molar-refractivity contribution is 5.89. The fourth-order valence-electron chi connectivity index (χ4n) is 1.55. The molecule has 0 radical (unpaired) electrons. The minimum Gasteiger partial charge on any atom is -0.447 e. The quantitative estimate of drug-likeness (QED) is 0.882. The Labute approximate surface area is 124 Å². The molecule has 0 aliphatic rings. The van der Waals surface area contributed by atoms with Crippen LogP contribution in [0.4, 0.5) is 21.0 Å². The van der Waals surface area contributed by atoms with Crippen LogP contribution in [0.2, 0.25) is 0 Å². The average Bonchev–Trinajstić information content (AvgIpc) is 2.31. The minimum absolute atomic E-state index is 0.200. The molecule has 1 rings (SSSR count). The second-order valence-corrected chi connectivity index (χ2v) is 5.19. The third kappa shape index (κ3) is 6.16. The number of hydrogen-bond acceptors (Lipinski definition) is 4. The molecule has 0 aliphatic carbocycles. The zero-order chi connectivity index (χ0) is 16.0. The first-order valence-electron chi connectivity index (χ1n) is 6.84. The molecule has 0 heterocycles. The van der Waals surface area contributed by atoms with E-state index in [1.807, 2.05) is 6.92 Å². The summed E-state index contributed by atoms with van der Waals surface area (Å²) in [6, 6.07) is 5.17. The zero-order valence-electron chi connectivity index (χ0n) is 13.0. The van der Waals surface area contributed by atoms with Gasteiger partial charge in [0.25, 0.3) is 0 Å². The van der Waals surface area contributed by atoms with E-state index < -0.39 is 12.2 Å². The van der Waals surface area contributed by atoms with Crippen molar-refractivity contribution >= 4 is 23.6 Å². The lowest BCUT2D eigenvalue weighted by Crippen LogP contribution is -2.20. The van der Waals surface area contributed by atoms with Crippen LogP contribution >= 0.6 is 0 Å². The summed E-state index contributed by atoms with van der Waals surface area (Å²) in [5.41, 5.74) is 1.97. The number of ether oxygens (including phenoxy) is 2. The van der Waals surface area contributed by atoms with Crippen LogP contribution in [0.25, 0.3) is 0 Å². The van der Waals surface area contributed by atoms with Gasteiger partial charge in [0.05, 0.1) is 12.2 Å². The number of aryl methyl sites for hydroxylation is 1. The smallest absolute Gasteiger partial charge is 0.411 e. The molecule has 0 unspecified atom stereocenters. The van der Waals surface area contributed by atoms with E-state index in [2.05, 4.69) is 10.6 Å². The Morgan fingerprint density at radius 2 is 1.48 bits per heavy atom. The van der Waals surface area contributed by atoms with Crippen molar-refractivity contribution in [3.63, 3.8) is 0 Å². The summed E-state index contributed by atoms with van der Waals surface area (Å²) >= 11 is 0. The van der Waals surface area contributed by atoms with Crippen molar-refractivity contribution in [2.24, 2.45) is 0 Å². The molecular weight excluding hydrogens is 272 g/mol. The number of carbonyl (C=O) groups excluding carboxylic acids is 2. The lowest BCUT2D eigenvalue weighted by Gasteiger charge is -2.14. The second-order valence-electron chi connectivity index (χ2n) is 5.19. The van der Waals surface area contributed by atoms with Gasteiger partial charge >= 0.3 is 12.2 Å². The lowest BCUT2D eigenvalue weighted by molar-refractivity contribution is 0.129. The first-order valence-corrected chi connectivity index (χ1v) is 6.84. The molecular formula is C15H22N2O4. The topological polar surface area (TPSA) is 76.7 Å². The van der Waals surface area contributed by atoms with Crippen molar-refractivity contribution in [1.29, 1.82) is 0 Å². The van der Waals surface area contributed by atoms with Gasteiger partial charge in [0.2, 0.25) is 0 Å². The lowest BCUT2D eigenvalue weighted by atomic mass is 10.2. The van der Waals surface area contributed by atoms with E-state index >= 15 is 0 Å². The predicted octanol–water partition coefficient (Wildman–Crippen LogP) is 3.91. The highest BCUT2D eigenvalue weighted by atomic mass is 16.6. The van der Waals surface area contributed by atoms with Gasteiger partial charge in [-0.3, -0.25) is 10.6 Å². The Morgan fingerprint density at radius 3 is 2.00 bits per heavy atom. The number of hydrogen-bond donors (Lipinski definition) is 2. The Hall–Kier alpha value is -2.24. The largest absolute Gasteiger partial charge is 0.447 e. The molecule has 6 nitrogen and oxygen atoms in total. The van der Waals surface area contributed by atoms with Crippen molar-refractivity contribution in [3.05, 3.63) is 23.8 Å². The van der Waals surface area contributed by atoms with Crippen molar-refractivity contribution in [2.45, 2.75) is 46.8 Å². The molecule has 21 heavy (non-hydrogen) atoms. The molecule has 6 heteroatoms. The van der Waals surface area contributed by atoms with Crippen LogP contribution in [0.15, 0.2) is 18.2 Å². The molecule has 2 amide bonds. The predicted molar refractivity (Wildman–Crippen MR) is 81.7 cm³/mol. The van der Waals surface area contributed by atoms with Gasteiger partial charge < -0.3 is 9.47 Å². The molecule has 0 atom stereocenters. The minimum atomic E-state index is -0.537. The Morgan fingerprint density at radius 1 is 0.952 bits per heavy atom. The molecule has 1 aromatic carbocycles. The molecule has 0 fully saturated rings. The summed E-state index contributed by atoms with van der Waals surface area (Å²) in [4.78, 5) is 23.2. The second kappa shape index (κ2) is 7.52. The summed E-state index contributed by atoms with van der Waals surface area (Å²) in [7, 11) is 0. The maximum atomic E-state index is 11.6. The Kier molecular flexibility index (Phi) is 6.02. The van der Waals surface area contributed by atoms with Crippen molar-refractivity contribution < 1.29 is 19.1 Å². The summed E-state index contributed by atoms with van der Waals surface area (Å²) in [6.07, 6.45) is -1.47. The van der Waals surface area contributed by atoms with Gasteiger partial charge in [0, 0.05) is 11.4 Å². The van der Waals surface area contributed by atoms with Gasteiger partial charge in [0.15, 0.2) is 0 Å². The van der Waals surface area contributed by atoms with Crippen molar-refractivity contribution in [3.8, 4) is 0 Å². The third-order valence-corrected chi connectivity index (χ3v) is 2.41. The fraction of sp³-hybridized carbons (Fsp3) is 0.467. The van der Waals surface area contributed by atoms with Gasteiger partial charge in [-0.25, -0.2) is 9.59 Å². The molecule has 2 N–H and O–H groups in total. The van der Waals surface area contributed by atoms with E-state index in [4.69, 9.17) is 9.47 Å². The summed E-state index contributed by atoms with van der Waals surface area (Å²) in [5, 5.41) is 5.24. The molecule has 0 saturated carbocycles. The maximum absolute atomic E-state index is 11.6. The number of anilines is 2.